The minimum Gasteiger partial charge on any atom is -0.472 e. The number of aryl methyl sites for hydroxylation is 1. The quantitative estimate of drug-likeness (QED) is 0.521. The second kappa shape index (κ2) is 9.56. The van der Waals surface area contributed by atoms with Crippen molar-refractivity contribution in [3.8, 4) is 17.0 Å². The molecule has 0 aliphatic carbocycles. The van der Waals surface area contributed by atoms with E-state index in [0.717, 1.165) is 21.6 Å². The topological polar surface area (TPSA) is 108 Å². The minimum absolute atomic E-state index is 0.0520. The molecule has 5 rings (SSSR count). The van der Waals surface area contributed by atoms with Crippen LogP contribution >= 0.6 is 11.6 Å². The monoisotopic (exact) mass is 504 g/mol. The van der Waals surface area contributed by atoms with Crippen LogP contribution in [0, 0.1) is 19.7 Å². The predicted octanol–water partition coefficient (Wildman–Crippen LogP) is 2.13. The van der Waals surface area contributed by atoms with Crippen molar-refractivity contribution in [2.24, 2.45) is 0 Å². The van der Waals surface area contributed by atoms with Crippen molar-refractivity contribution in [3.63, 3.8) is 0 Å². The molecule has 0 spiro atoms. The Morgan fingerprint density at radius 3 is 2.83 bits per heavy atom. The van der Waals surface area contributed by atoms with E-state index < -0.39 is 11.4 Å². The van der Waals surface area contributed by atoms with E-state index in [1.165, 1.54) is 12.4 Å². The maximum absolute atomic E-state index is 14.8. The highest BCUT2D eigenvalue weighted by Crippen LogP contribution is 2.34. The lowest BCUT2D eigenvalue weighted by molar-refractivity contribution is -0.0295. The van der Waals surface area contributed by atoms with Gasteiger partial charge in [-0.05, 0) is 13.8 Å². The van der Waals surface area contributed by atoms with E-state index in [1.807, 2.05) is 23.4 Å². The number of hydrogen-bond donors (Lipinski definition) is 1. The number of aromatic nitrogens is 5. The number of hydrogen-bond acceptors (Lipinski definition) is 8. The zero-order valence-electron chi connectivity index (χ0n) is 19.4. The van der Waals surface area contributed by atoms with E-state index in [-0.39, 0.29) is 30.3 Å². The van der Waals surface area contributed by atoms with E-state index >= 15 is 0 Å². The molecule has 0 radical (unpaired) electrons. The average Bonchev–Trinajstić information content (AvgIpc) is 3.36. The molecule has 1 atom stereocenters. The number of pyridine rings is 1. The van der Waals surface area contributed by atoms with Gasteiger partial charge in [0, 0.05) is 35.9 Å². The van der Waals surface area contributed by atoms with Gasteiger partial charge in [0.2, 0.25) is 5.88 Å². The minimum atomic E-state index is -0.452. The molecule has 2 saturated heterocycles. The second-order valence-electron chi connectivity index (χ2n) is 8.75. The van der Waals surface area contributed by atoms with Crippen LogP contribution in [-0.4, -0.2) is 68.7 Å². The number of anilines is 1. The first-order chi connectivity index (χ1) is 16.9. The molecule has 3 aromatic rings. The molecule has 12 heteroatoms. The lowest BCUT2D eigenvalue weighted by atomic mass is 10.0. The summed E-state index contributed by atoms with van der Waals surface area (Å²) in [7, 11) is 0. The molecule has 5 heterocycles. The second-order valence-corrected chi connectivity index (χ2v) is 9.13. The standard InChI is InChI=1S/C23H26ClFN6O4/c1-13-21(14(2)31(28-13)15-11-34-12-15)17-7-20(26-8-18(17)25)35-16-3-4-29(10-16)19-9-27-30(5-6-32)23(33)22(19)24/h7-9,15-16,32H,3-6,10-12H2,1-2H3/t16-/m1/s1. The van der Waals surface area contributed by atoms with Crippen LogP contribution in [0.25, 0.3) is 11.1 Å². The van der Waals surface area contributed by atoms with E-state index in [9.17, 15) is 9.18 Å². The predicted molar refractivity (Wildman–Crippen MR) is 127 cm³/mol. The van der Waals surface area contributed by atoms with Crippen molar-refractivity contribution in [3.05, 3.63) is 51.0 Å². The SMILES string of the molecule is Cc1nn(C2COC2)c(C)c1-c1cc(O[C@@H]2CCN(c3cnn(CCO)c(=O)c3Cl)C2)ncc1F. The van der Waals surface area contributed by atoms with Crippen molar-refractivity contribution in [2.45, 2.75) is 39.0 Å². The fraction of sp³-hybridized carbons (Fsp3) is 0.478. The average molecular weight is 505 g/mol. The molecule has 2 aliphatic rings. The first kappa shape index (κ1) is 23.7. The zero-order chi connectivity index (χ0) is 24.7. The summed E-state index contributed by atoms with van der Waals surface area (Å²) in [6, 6.07) is 1.78. The molecule has 0 unspecified atom stereocenters. The Kier molecular flexibility index (Phi) is 6.47. The van der Waals surface area contributed by atoms with Gasteiger partial charge < -0.3 is 19.5 Å². The normalized spacial score (nSPS) is 18.2. The Labute approximate surface area is 205 Å². The number of aliphatic hydroxyl groups excluding tert-OH is 1. The maximum atomic E-state index is 14.8. The van der Waals surface area contributed by atoms with Gasteiger partial charge in [0.1, 0.15) is 16.9 Å². The van der Waals surface area contributed by atoms with Gasteiger partial charge in [0.05, 0.1) is 62.7 Å². The molecule has 0 bridgehead atoms. The summed E-state index contributed by atoms with van der Waals surface area (Å²) in [5.41, 5.74) is 2.80. The highest BCUT2D eigenvalue weighted by molar-refractivity contribution is 6.33. The van der Waals surface area contributed by atoms with Crippen molar-refractivity contribution in [2.75, 3.05) is 37.8 Å². The van der Waals surface area contributed by atoms with E-state index in [0.29, 0.717) is 49.9 Å². The number of nitrogens with zero attached hydrogens (tertiary/aromatic N) is 6. The summed E-state index contributed by atoms with van der Waals surface area (Å²) in [5, 5.41) is 17.8. The summed E-state index contributed by atoms with van der Waals surface area (Å²) >= 11 is 6.29. The third-order valence-electron chi connectivity index (χ3n) is 6.44. The van der Waals surface area contributed by atoms with Crippen LogP contribution < -0.4 is 15.2 Å². The fourth-order valence-electron chi connectivity index (χ4n) is 4.59. The smallest absolute Gasteiger partial charge is 0.287 e. The molecule has 1 N–H and O–H groups in total. The molecule has 2 fully saturated rings. The van der Waals surface area contributed by atoms with Gasteiger partial charge in [-0.2, -0.15) is 10.2 Å². The van der Waals surface area contributed by atoms with Crippen LogP contribution in [0.4, 0.5) is 10.1 Å². The Balaban J connectivity index is 1.34. The number of ether oxygens (including phenoxy) is 2. The van der Waals surface area contributed by atoms with Crippen LogP contribution in [0.1, 0.15) is 23.9 Å². The molecule has 10 nitrogen and oxygen atoms in total. The van der Waals surface area contributed by atoms with Crippen molar-refractivity contribution >= 4 is 17.3 Å². The fourth-order valence-corrected chi connectivity index (χ4v) is 4.86. The molecule has 3 aromatic heterocycles. The largest absolute Gasteiger partial charge is 0.472 e. The van der Waals surface area contributed by atoms with Gasteiger partial charge in [-0.3, -0.25) is 9.48 Å². The van der Waals surface area contributed by atoms with Gasteiger partial charge in [-0.1, -0.05) is 11.6 Å². The van der Waals surface area contributed by atoms with Crippen LogP contribution in [0.5, 0.6) is 5.88 Å². The highest BCUT2D eigenvalue weighted by atomic mass is 35.5. The van der Waals surface area contributed by atoms with Gasteiger partial charge in [0.25, 0.3) is 5.56 Å². The summed E-state index contributed by atoms with van der Waals surface area (Å²) < 4.78 is 29.2. The van der Waals surface area contributed by atoms with Crippen molar-refractivity contribution < 1.29 is 19.0 Å². The Hall–Kier alpha value is -3.02. The summed E-state index contributed by atoms with van der Waals surface area (Å²) in [5.74, 6) is -0.128. The summed E-state index contributed by atoms with van der Waals surface area (Å²) in [6.07, 6.45) is 3.13. The number of halogens is 2. The third kappa shape index (κ3) is 4.39. The van der Waals surface area contributed by atoms with Gasteiger partial charge >= 0.3 is 0 Å². The summed E-state index contributed by atoms with van der Waals surface area (Å²) in [6.45, 7) is 5.94. The van der Waals surface area contributed by atoms with Gasteiger partial charge in [-0.15, -0.1) is 0 Å². The molecule has 2 aliphatic heterocycles. The molecular formula is C23H26ClFN6O4. The summed E-state index contributed by atoms with van der Waals surface area (Å²) in [4.78, 5) is 18.4. The zero-order valence-corrected chi connectivity index (χ0v) is 20.2. The highest BCUT2D eigenvalue weighted by Gasteiger charge is 2.29. The van der Waals surface area contributed by atoms with Gasteiger partial charge in [-0.25, -0.2) is 14.1 Å². The molecule has 0 aromatic carbocycles. The van der Waals surface area contributed by atoms with Crippen LogP contribution in [0.3, 0.4) is 0 Å². The molecule has 186 valence electrons. The van der Waals surface area contributed by atoms with Crippen LogP contribution in [0.2, 0.25) is 5.02 Å². The Morgan fingerprint density at radius 1 is 1.31 bits per heavy atom. The number of aliphatic hydroxyl groups is 1. The Morgan fingerprint density at radius 2 is 2.11 bits per heavy atom. The third-order valence-corrected chi connectivity index (χ3v) is 6.80. The van der Waals surface area contributed by atoms with Crippen molar-refractivity contribution in [1.82, 2.24) is 24.5 Å². The first-order valence-corrected chi connectivity index (χ1v) is 11.8. The van der Waals surface area contributed by atoms with Crippen molar-refractivity contribution in [1.29, 1.82) is 0 Å². The van der Waals surface area contributed by atoms with E-state index in [1.54, 1.807) is 6.07 Å². The lowest BCUT2D eigenvalue weighted by Gasteiger charge is -2.27. The molecular weight excluding hydrogens is 479 g/mol. The maximum Gasteiger partial charge on any atom is 0.287 e. The Bertz CT molecular complexity index is 1310. The first-order valence-electron chi connectivity index (χ1n) is 11.4. The lowest BCUT2D eigenvalue weighted by Crippen LogP contribution is -2.32. The number of rotatable bonds is 7. The van der Waals surface area contributed by atoms with Crippen LogP contribution in [-0.2, 0) is 11.3 Å². The molecule has 35 heavy (non-hydrogen) atoms. The van der Waals surface area contributed by atoms with Gasteiger partial charge in [0.15, 0.2) is 0 Å². The van der Waals surface area contributed by atoms with E-state index in [2.05, 4.69) is 15.2 Å². The van der Waals surface area contributed by atoms with E-state index in [4.69, 9.17) is 26.2 Å². The molecule has 0 saturated carbocycles. The molecule has 0 amide bonds. The van der Waals surface area contributed by atoms with Crippen LogP contribution in [0.15, 0.2) is 23.3 Å².